The molecule has 0 aliphatic heterocycles. The second-order valence-corrected chi connectivity index (χ2v) is 8.79. The number of aryl methyl sites for hydroxylation is 2. The molecule has 3 rings (SSSR count). The number of amides is 3. The van der Waals surface area contributed by atoms with E-state index in [1.54, 1.807) is 24.1 Å². The van der Waals surface area contributed by atoms with E-state index in [0.29, 0.717) is 30.7 Å². The number of hydrogen-bond donors (Lipinski definition) is 4. The Morgan fingerprint density at radius 3 is 2.59 bits per heavy atom. The summed E-state index contributed by atoms with van der Waals surface area (Å²) in [5, 5.41) is 6.27. The molecule has 0 spiro atoms. The summed E-state index contributed by atoms with van der Waals surface area (Å²) in [6, 6.07) is 5.44. The predicted molar refractivity (Wildman–Crippen MR) is 128 cm³/mol. The van der Waals surface area contributed by atoms with E-state index in [0.717, 1.165) is 16.6 Å². The predicted octanol–water partition coefficient (Wildman–Crippen LogP) is 1.66. The molecule has 0 radical (unpaired) electrons. The molecule has 0 bridgehead atoms. The molecule has 0 saturated carbocycles. The zero-order valence-corrected chi connectivity index (χ0v) is 19.9. The van der Waals surface area contributed by atoms with E-state index in [2.05, 4.69) is 20.6 Å². The minimum atomic E-state index is -0.876. The summed E-state index contributed by atoms with van der Waals surface area (Å²) in [4.78, 5) is 45.3. The van der Waals surface area contributed by atoms with Gasteiger partial charge in [0.1, 0.15) is 23.5 Å². The third kappa shape index (κ3) is 6.15. The molecular formula is C24H32N6O4. The first-order valence-corrected chi connectivity index (χ1v) is 11.2. The van der Waals surface area contributed by atoms with Crippen LogP contribution in [0.5, 0.6) is 5.75 Å². The molecule has 0 aliphatic carbocycles. The number of hydrogen-bond acceptors (Lipinski definition) is 5. The van der Waals surface area contributed by atoms with Crippen molar-refractivity contribution >= 4 is 28.6 Å². The Balaban J connectivity index is 1.71. The lowest BCUT2D eigenvalue weighted by atomic mass is 10.0. The van der Waals surface area contributed by atoms with E-state index >= 15 is 0 Å². The van der Waals surface area contributed by atoms with Crippen LogP contribution in [0.1, 0.15) is 42.9 Å². The lowest BCUT2D eigenvalue weighted by molar-refractivity contribution is -0.128. The molecule has 0 unspecified atom stereocenters. The van der Waals surface area contributed by atoms with Gasteiger partial charge in [-0.15, -0.1) is 0 Å². The quantitative estimate of drug-likeness (QED) is 0.338. The van der Waals surface area contributed by atoms with Crippen molar-refractivity contribution in [1.29, 1.82) is 0 Å². The molecule has 34 heavy (non-hydrogen) atoms. The van der Waals surface area contributed by atoms with Crippen molar-refractivity contribution in [3.05, 3.63) is 48.2 Å². The Kier molecular flexibility index (Phi) is 7.93. The second-order valence-electron chi connectivity index (χ2n) is 8.79. The molecule has 2 atom stereocenters. The van der Waals surface area contributed by atoms with Crippen molar-refractivity contribution in [1.82, 2.24) is 25.2 Å². The van der Waals surface area contributed by atoms with Crippen LogP contribution in [0, 0.1) is 5.92 Å². The number of benzene rings is 1. The Hall–Kier alpha value is -3.82. The molecule has 182 valence electrons. The number of fused-ring (bicyclic) bond motifs is 1. The molecule has 1 aromatic carbocycles. The number of nitrogens with zero attached hydrogens (tertiary/aromatic N) is 2. The van der Waals surface area contributed by atoms with Gasteiger partial charge in [0, 0.05) is 24.1 Å². The fourth-order valence-corrected chi connectivity index (χ4v) is 3.81. The van der Waals surface area contributed by atoms with Crippen molar-refractivity contribution in [3.8, 4) is 5.75 Å². The zero-order chi connectivity index (χ0) is 24.8. The maximum atomic E-state index is 13.1. The van der Waals surface area contributed by atoms with Gasteiger partial charge < -0.3 is 30.7 Å². The summed E-state index contributed by atoms with van der Waals surface area (Å²) in [7, 11) is 3.42. The number of carbonyl (C=O) groups is 3. The van der Waals surface area contributed by atoms with Crippen LogP contribution in [0.3, 0.4) is 0 Å². The highest BCUT2D eigenvalue weighted by Crippen LogP contribution is 2.26. The van der Waals surface area contributed by atoms with E-state index in [4.69, 9.17) is 10.5 Å². The SMILES string of the molecule is COc1cccc2[nH]c(C(=O)N[C@@H](CC(C)C)C(=O)N[C@@H](CCc3cn(C)cn3)C(N)=O)cc12. The van der Waals surface area contributed by atoms with E-state index in [1.165, 1.54) is 0 Å². The maximum Gasteiger partial charge on any atom is 0.268 e. The van der Waals surface area contributed by atoms with Gasteiger partial charge in [0.05, 0.1) is 19.1 Å². The van der Waals surface area contributed by atoms with Gasteiger partial charge in [-0.3, -0.25) is 14.4 Å². The number of methoxy groups -OCH3 is 1. The summed E-state index contributed by atoms with van der Waals surface area (Å²) in [6.45, 7) is 3.90. The summed E-state index contributed by atoms with van der Waals surface area (Å²) in [5.41, 5.74) is 7.39. The Morgan fingerprint density at radius 1 is 1.21 bits per heavy atom. The third-order valence-electron chi connectivity index (χ3n) is 5.53. The molecule has 0 saturated heterocycles. The van der Waals surface area contributed by atoms with Gasteiger partial charge in [-0.05, 0) is 43.4 Å². The van der Waals surface area contributed by atoms with Gasteiger partial charge in [0.25, 0.3) is 5.91 Å². The van der Waals surface area contributed by atoms with E-state index in [1.807, 2.05) is 45.3 Å². The van der Waals surface area contributed by atoms with Crippen LogP contribution < -0.4 is 21.1 Å². The van der Waals surface area contributed by atoms with Crippen molar-refractivity contribution in [2.45, 2.75) is 45.2 Å². The van der Waals surface area contributed by atoms with Crippen LogP contribution in [0.15, 0.2) is 36.8 Å². The lowest BCUT2D eigenvalue weighted by Crippen LogP contribution is -2.53. The second kappa shape index (κ2) is 10.9. The minimum absolute atomic E-state index is 0.124. The number of rotatable bonds is 11. The van der Waals surface area contributed by atoms with Crippen molar-refractivity contribution in [2.24, 2.45) is 18.7 Å². The van der Waals surface area contributed by atoms with Gasteiger partial charge in [0.15, 0.2) is 0 Å². The fraction of sp³-hybridized carbons (Fsp3) is 0.417. The zero-order valence-electron chi connectivity index (χ0n) is 19.9. The lowest BCUT2D eigenvalue weighted by Gasteiger charge is -2.23. The normalized spacial score (nSPS) is 13.0. The van der Waals surface area contributed by atoms with Crippen LogP contribution in [0.2, 0.25) is 0 Å². The first-order chi connectivity index (χ1) is 16.2. The molecule has 10 heteroatoms. The summed E-state index contributed by atoms with van der Waals surface area (Å²) in [5.74, 6) is -0.758. The van der Waals surface area contributed by atoms with E-state index in [-0.39, 0.29) is 5.92 Å². The smallest absolute Gasteiger partial charge is 0.268 e. The number of ether oxygens (including phenoxy) is 1. The van der Waals surface area contributed by atoms with E-state index in [9.17, 15) is 14.4 Å². The van der Waals surface area contributed by atoms with Crippen LogP contribution in [-0.2, 0) is 23.1 Å². The molecule has 2 aromatic heterocycles. The topological polar surface area (TPSA) is 144 Å². The van der Waals surface area contributed by atoms with E-state index < -0.39 is 29.8 Å². The molecular weight excluding hydrogens is 436 g/mol. The highest BCUT2D eigenvalue weighted by atomic mass is 16.5. The number of nitrogens with one attached hydrogen (secondary N) is 3. The first-order valence-electron chi connectivity index (χ1n) is 11.2. The van der Waals surface area contributed by atoms with Gasteiger partial charge in [0.2, 0.25) is 11.8 Å². The number of primary amides is 1. The van der Waals surface area contributed by atoms with Crippen molar-refractivity contribution in [3.63, 3.8) is 0 Å². The summed E-state index contributed by atoms with van der Waals surface area (Å²) >= 11 is 0. The average Bonchev–Trinajstić information content (AvgIpc) is 3.41. The summed E-state index contributed by atoms with van der Waals surface area (Å²) in [6.07, 6.45) is 4.69. The van der Waals surface area contributed by atoms with Crippen molar-refractivity contribution in [2.75, 3.05) is 7.11 Å². The highest BCUT2D eigenvalue weighted by Gasteiger charge is 2.27. The highest BCUT2D eigenvalue weighted by molar-refractivity contribution is 6.01. The number of aromatic nitrogens is 3. The largest absolute Gasteiger partial charge is 0.496 e. The number of aromatic amines is 1. The van der Waals surface area contributed by atoms with Gasteiger partial charge in [-0.1, -0.05) is 19.9 Å². The van der Waals surface area contributed by atoms with Crippen LogP contribution >= 0.6 is 0 Å². The molecule has 5 N–H and O–H groups in total. The third-order valence-corrected chi connectivity index (χ3v) is 5.53. The Bertz CT molecular complexity index is 1170. The summed E-state index contributed by atoms with van der Waals surface area (Å²) < 4.78 is 7.16. The molecule has 3 aromatic rings. The van der Waals surface area contributed by atoms with Crippen LogP contribution in [0.25, 0.3) is 10.9 Å². The van der Waals surface area contributed by atoms with Gasteiger partial charge in [-0.25, -0.2) is 4.98 Å². The average molecular weight is 469 g/mol. The maximum absolute atomic E-state index is 13.1. The standard InChI is InChI=1S/C24H32N6O4/c1-14(2)10-19(23(32)28-18(22(25)31)9-8-15-12-30(3)13-26-15)29-24(33)20-11-16-17(27-20)6-5-7-21(16)34-4/h5-7,11-14,18-19,27H,8-10H2,1-4H3,(H2,25,31)(H,28,32)(H,29,33)/t18-,19-/m0/s1. The molecule has 0 fully saturated rings. The molecule has 10 nitrogen and oxygen atoms in total. The number of imidazole rings is 1. The first kappa shape index (κ1) is 24.8. The molecule has 0 aliphatic rings. The van der Waals surface area contributed by atoms with Gasteiger partial charge in [-0.2, -0.15) is 0 Å². The number of nitrogens with two attached hydrogens (primary N) is 1. The Labute approximate surface area is 198 Å². The van der Waals surface area contributed by atoms with Crippen LogP contribution in [-0.4, -0.2) is 51.5 Å². The van der Waals surface area contributed by atoms with Crippen LogP contribution in [0.4, 0.5) is 0 Å². The fourth-order valence-electron chi connectivity index (χ4n) is 3.81. The minimum Gasteiger partial charge on any atom is -0.496 e. The Morgan fingerprint density at radius 2 is 1.97 bits per heavy atom. The number of carbonyl (C=O) groups excluding carboxylic acids is 3. The monoisotopic (exact) mass is 468 g/mol. The van der Waals surface area contributed by atoms with Gasteiger partial charge >= 0.3 is 0 Å². The van der Waals surface area contributed by atoms with Crippen molar-refractivity contribution < 1.29 is 19.1 Å². The number of H-pyrrole nitrogens is 1. The molecule has 3 amide bonds. The molecule has 2 heterocycles.